The van der Waals surface area contributed by atoms with E-state index >= 15 is 0 Å². The minimum atomic E-state index is -3.01. The lowest BCUT2D eigenvalue weighted by Crippen LogP contribution is -2.09. The van der Waals surface area contributed by atoms with E-state index in [4.69, 9.17) is 28.9 Å². The number of rotatable bonds is 5. The van der Waals surface area contributed by atoms with Crippen LogP contribution in [-0.4, -0.2) is 40.6 Å². The monoisotopic (exact) mass is 349 g/mol. The highest BCUT2D eigenvalue weighted by Crippen LogP contribution is 2.32. The Bertz CT molecular complexity index is 737. The molecular weight excluding hydrogens is 337 g/mol. The van der Waals surface area contributed by atoms with Gasteiger partial charge in [-0.15, -0.1) is 5.10 Å². The Morgan fingerprint density at radius 3 is 2.67 bits per heavy atom. The average molecular weight is 350 g/mol. The minimum absolute atomic E-state index is 0.0653. The van der Waals surface area contributed by atoms with Gasteiger partial charge in [0, 0.05) is 18.4 Å². The molecule has 0 aliphatic rings. The maximum Gasteiger partial charge on any atom is 0.182 e. The first-order valence-corrected chi connectivity index (χ1v) is 8.78. The lowest BCUT2D eigenvalue weighted by atomic mass is 10.2. The van der Waals surface area contributed by atoms with E-state index in [1.54, 1.807) is 12.1 Å². The molecule has 0 bridgehead atoms. The van der Waals surface area contributed by atoms with Gasteiger partial charge >= 0.3 is 0 Å². The van der Waals surface area contributed by atoms with E-state index in [0.717, 1.165) is 0 Å². The molecule has 2 aromatic rings. The van der Waals surface area contributed by atoms with Crippen molar-refractivity contribution in [3.63, 3.8) is 0 Å². The number of aryl methyl sites for hydroxylation is 1. The Hall–Kier alpha value is -1.38. The van der Waals surface area contributed by atoms with Crippen molar-refractivity contribution in [1.29, 1.82) is 0 Å². The van der Waals surface area contributed by atoms with Crippen molar-refractivity contribution in [2.75, 3.05) is 17.7 Å². The molecule has 0 amide bonds. The van der Waals surface area contributed by atoms with Crippen molar-refractivity contribution < 1.29 is 8.42 Å². The second-order valence-corrected chi connectivity index (χ2v) is 7.62. The summed E-state index contributed by atoms with van der Waals surface area (Å²) < 4.78 is 23.8. The Labute approximate surface area is 132 Å². The van der Waals surface area contributed by atoms with Gasteiger partial charge in [-0.05, 0) is 29.0 Å². The number of tetrazole rings is 1. The Kier molecular flexibility index (Phi) is 4.70. The van der Waals surface area contributed by atoms with E-state index in [9.17, 15) is 8.42 Å². The van der Waals surface area contributed by atoms with Gasteiger partial charge in [-0.25, -0.2) is 13.1 Å². The molecule has 0 spiro atoms. The third-order valence-electron chi connectivity index (χ3n) is 2.73. The summed E-state index contributed by atoms with van der Waals surface area (Å²) in [5.41, 5.74) is 6.70. The van der Waals surface area contributed by atoms with E-state index in [0.29, 0.717) is 35.1 Å². The summed E-state index contributed by atoms with van der Waals surface area (Å²) in [6, 6.07) is 3.23. The highest BCUT2D eigenvalue weighted by Gasteiger charge is 2.13. The fourth-order valence-corrected chi connectivity index (χ4v) is 2.77. The largest absolute Gasteiger partial charge is 0.397 e. The first-order valence-electron chi connectivity index (χ1n) is 5.97. The predicted molar refractivity (Wildman–Crippen MR) is 82.0 cm³/mol. The number of halogens is 2. The first kappa shape index (κ1) is 16.0. The number of benzene rings is 1. The molecule has 0 unspecified atom stereocenters. The van der Waals surface area contributed by atoms with Gasteiger partial charge in [-0.3, -0.25) is 0 Å². The molecule has 10 heteroatoms. The molecule has 1 heterocycles. The zero-order valence-corrected chi connectivity index (χ0v) is 13.5. The van der Waals surface area contributed by atoms with Crippen LogP contribution in [0.15, 0.2) is 12.1 Å². The summed E-state index contributed by atoms with van der Waals surface area (Å²) in [5, 5.41) is 11.9. The van der Waals surface area contributed by atoms with Crippen LogP contribution in [0.5, 0.6) is 0 Å². The van der Waals surface area contributed by atoms with Crippen molar-refractivity contribution in [2.45, 2.75) is 13.0 Å². The number of hydrogen-bond donors (Lipinski definition) is 1. The van der Waals surface area contributed by atoms with Gasteiger partial charge in [-0.2, -0.15) is 0 Å². The van der Waals surface area contributed by atoms with Gasteiger partial charge in [0.05, 0.1) is 21.5 Å². The summed E-state index contributed by atoms with van der Waals surface area (Å²) in [6.45, 7) is 0.371. The van der Waals surface area contributed by atoms with Gasteiger partial charge in [-0.1, -0.05) is 23.2 Å². The maximum atomic E-state index is 11.1. The molecule has 114 valence electrons. The average Bonchev–Trinajstić information content (AvgIpc) is 2.82. The van der Waals surface area contributed by atoms with Crippen LogP contribution in [0.1, 0.15) is 6.42 Å². The molecule has 21 heavy (non-hydrogen) atoms. The number of anilines is 1. The van der Waals surface area contributed by atoms with E-state index < -0.39 is 9.84 Å². The highest BCUT2D eigenvalue weighted by atomic mass is 35.5. The minimum Gasteiger partial charge on any atom is -0.397 e. The fourth-order valence-electron chi connectivity index (χ4n) is 1.78. The van der Waals surface area contributed by atoms with Gasteiger partial charge in [0.15, 0.2) is 5.82 Å². The molecule has 0 saturated heterocycles. The SMILES string of the molecule is CS(=O)(=O)CCCn1nnnc1-c1cc(N)c(Cl)c(Cl)c1. The van der Waals surface area contributed by atoms with Crippen molar-refractivity contribution >= 4 is 38.7 Å². The number of hydrogen-bond acceptors (Lipinski definition) is 6. The molecule has 0 fully saturated rings. The van der Waals surface area contributed by atoms with Crippen molar-refractivity contribution in [3.8, 4) is 11.4 Å². The zero-order chi connectivity index (χ0) is 15.6. The van der Waals surface area contributed by atoms with Crippen LogP contribution in [0.25, 0.3) is 11.4 Å². The van der Waals surface area contributed by atoms with Gasteiger partial charge in [0.25, 0.3) is 0 Å². The fraction of sp³-hybridized carbons (Fsp3) is 0.364. The number of aromatic nitrogens is 4. The Morgan fingerprint density at radius 2 is 2.05 bits per heavy atom. The Balaban J connectivity index is 2.24. The topological polar surface area (TPSA) is 104 Å². The Morgan fingerprint density at radius 1 is 1.33 bits per heavy atom. The molecule has 0 saturated carbocycles. The van der Waals surface area contributed by atoms with Crippen LogP contribution in [0, 0.1) is 0 Å². The van der Waals surface area contributed by atoms with Crippen LogP contribution in [0.2, 0.25) is 10.0 Å². The maximum absolute atomic E-state index is 11.1. The third-order valence-corrected chi connectivity index (χ3v) is 4.58. The number of sulfone groups is 1. The first-order chi connectivity index (χ1) is 9.78. The second-order valence-electron chi connectivity index (χ2n) is 4.57. The van der Waals surface area contributed by atoms with E-state index in [1.807, 2.05) is 0 Å². The summed E-state index contributed by atoms with van der Waals surface area (Å²) in [6.07, 6.45) is 1.60. The van der Waals surface area contributed by atoms with Crippen LogP contribution >= 0.6 is 23.2 Å². The van der Waals surface area contributed by atoms with Gasteiger partial charge in [0.2, 0.25) is 0 Å². The lowest BCUT2D eigenvalue weighted by molar-refractivity contribution is 0.567. The summed E-state index contributed by atoms with van der Waals surface area (Å²) in [5.74, 6) is 0.518. The van der Waals surface area contributed by atoms with Gasteiger partial charge in [0.1, 0.15) is 9.84 Å². The summed E-state index contributed by atoms with van der Waals surface area (Å²) >= 11 is 11.9. The number of nitrogens with zero attached hydrogens (tertiary/aromatic N) is 4. The molecule has 0 atom stereocenters. The summed E-state index contributed by atoms with van der Waals surface area (Å²) in [7, 11) is -3.01. The highest BCUT2D eigenvalue weighted by molar-refractivity contribution is 7.90. The number of nitrogens with two attached hydrogens (primary N) is 1. The molecule has 7 nitrogen and oxygen atoms in total. The summed E-state index contributed by atoms with van der Waals surface area (Å²) in [4.78, 5) is 0. The molecule has 0 aliphatic heterocycles. The van der Waals surface area contributed by atoms with Crippen LogP contribution < -0.4 is 5.73 Å². The molecule has 2 rings (SSSR count). The molecule has 1 aromatic heterocycles. The molecule has 1 aromatic carbocycles. The van der Waals surface area contributed by atoms with Crippen LogP contribution in [0.3, 0.4) is 0 Å². The molecule has 0 radical (unpaired) electrons. The quantitative estimate of drug-likeness (QED) is 0.823. The zero-order valence-electron chi connectivity index (χ0n) is 11.1. The van der Waals surface area contributed by atoms with E-state index in [-0.39, 0.29) is 10.8 Å². The lowest BCUT2D eigenvalue weighted by Gasteiger charge is -2.07. The third kappa shape index (κ3) is 4.05. The van der Waals surface area contributed by atoms with Crippen LogP contribution in [-0.2, 0) is 16.4 Å². The van der Waals surface area contributed by atoms with Crippen molar-refractivity contribution in [2.24, 2.45) is 0 Å². The van der Waals surface area contributed by atoms with Crippen molar-refractivity contribution in [1.82, 2.24) is 20.2 Å². The van der Waals surface area contributed by atoms with E-state index in [1.165, 1.54) is 10.9 Å². The molecular formula is C11H13Cl2N5O2S. The van der Waals surface area contributed by atoms with Gasteiger partial charge < -0.3 is 5.73 Å². The van der Waals surface area contributed by atoms with Crippen LogP contribution in [0.4, 0.5) is 5.69 Å². The van der Waals surface area contributed by atoms with E-state index in [2.05, 4.69) is 15.5 Å². The van der Waals surface area contributed by atoms with Crippen molar-refractivity contribution in [3.05, 3.63) is 22.2 Å². The standard InChI is InChI=1S/C11H13Cl2N5O2S/c1-21(19,20)4-2-3-18-11(15-16-17-18)7-5-8(12)10(13)9(14)6-7/h5-6H,2-4,14H2,1H3. The normalized spacial score (nSPS) is 11.8. The second kappa shape index (κ2) is 6.17. The smallest absolute Gasteiger partial charge is 0.182 e. The number of nitrogen functional groups attached to an aromatic ring is 1. The molecule has 2 N–H and O–H groups in total. The molecule has 0 aliphatic carbocycles. The predicted octanol–water partition coefficient (Wildman–Crippen LogP) is 1.66.